The van der Waals surface area contributed by atoms with Gasteiger partial charge in [0.25, 0.3) is 0 Å². The molecular formula is C9H10F4N2O2S. The number of anilines is 1. The van der Waals surface area contributed by atoms with E-state index in [0.29, 0.717) is 5.69 Å². The van der Waals surface area contributed by atoms with Crippen LogP contribution >= 0.6 is 11.3 Å². The van der Waals surface area contributed by atoms with Gasteiger partial charge in [0.2, 0.25) is 0 Å². The van der Waals surface area contributed by atoms with Gasteiger partial charge in [-0.05, 0) is 0 Å². The van der Waals surface area contributed by atoms with Crippen LogP contribution in [0, 0.1) is 0 Å². The molecule has 9 heteroatoms. The molecule has 0 aliphatic rings. The molecule has 102 valence electrons. The van der Waals surface area contributed by atoms with Crippen molar-refractivity contribution in [3.8, 4) is 0 Å². The summed E-state index contributed by atoms with van der Waals surface area (Å²) >= 11 is 0.960. The molecule has 0 unspecified atom stereocenters. The summed E-state index contributed by atoms with van der Waals surface area (Å²) in [5.41, 5.74) is 0.422. The predicted molar refractivity (Wildman–Crippen MR) is 57.5 cm³/mol. The first-order valence-electron chi connectivity index (χ1n) is 4.87. The normalized spacial score (nSPS) is 11.8. The van der Waals surface area contributed by atoms with E-state index in [-0.39, 0.29) is 18.0 Å². The van der Waals surface area contributed by atoms with Gasteiger partial charge >= 0.3 is 18.3 Å². The highest BCUT2D eigenvalue weighted by molar-refractivity contribution is 7.13. The Morgan fingerprint density at radius 2 is 2.22 bits per heavy atom. The molecule has 0 aliphatic carbocycles. The average Bonchev–Trinajstić information content (AvgIpc) is 2.71. The largest absolute Gasteiger partial charge is 0.481 e. The van der Waals surface area contributed by atoms with Crippen molar-refractivity contribution in [2.24, 2.45) is 0 Å². The molecule has 1 heterocycles. The van der Waals surface area contributed by atoms with Crippen LogP contribution in [0.3, 0.4) is 0 Å². The van der Waals surface area contributed by atoms with Crippen LogP contribution in [0.15, 0.2) is 5.38 Å². The van der Waals surface area contributed by atoms with E-state index >= 15 is 0 Å². The van der Waals surface area contributed by atoms with Gasteiger partial charge < -0.3 is 10.4 Å². The maximum atomic E-state index is 12.6. The number of aromatic nitrogens is 1. The molecule has 0 spiro atoms. The minimum Gasteiger partial charge on any atom is -0.481 e. The highest BCUT2D eigenvalue weighted by Crippen LogP contribution is 2.24. The number of thiazole rings is 1. The Morgan fingerprint density at radius 1 is 1.56 bits per heavy atom. The summed E-state index contributed by atoms with van der Waals surface area (Å²) in [6, 6.07) is 0. The first-order valence-corrected chi connectivity index (χ1v) is 5.75. The lowest BCUT2D eigenvalue weighted by Gasteiger charge is -2.14. The maximum absolute atomic E-state index is 12.6. The number of rotatable bonds is 7. The number of carbonyl (C=O) groups is 1. The number of aliphatic carboxylic acids is 1. The first kappa shape index (κ1) is 14.7. The third-order valence-electron chi connectivity index (χ3n) is 1.94. The topological polar surface area (TPSA) is 62.2 Å². The molecule has 0 aromatic carbocycles. The van der Waals surface area contributed by atoms with Crippen LogP contribution in [0.4, 0.5) is 22.7 Å². The second-order valence-electron chi connectivity index (χ2n) is 3.45. The van der Waals surface area contributed by atoms with E-state index < -0.39 is 24.9 Å². The number of hydrogen-bond donors (Lipinski definition) is 2. The third kappa shape index (κ3) is 4.47. The van der Waals surface area contributed by atoms with Gasteiger partial charge in [0.15, 0.2) is 5.13 Å². The molecule has 0 radical (unpaired) electrons. The number of nitrogens with zero attached hydrogens (tertiary/aromatic N) is 1. The SMILES string of the molecule is O=C(O)CCc1csc(NCC(F)(F)C(F)F)n1. The minimum atomic E-state index is -4.12. The number of alkyl halides is 4. The number of halogens is 4. The minimum absolute atomic E-state index is 0.0655. The zero-order valence-electron chi connectivity index (χ0n) is 9.00. The summed E-state index contributed by atoms with van der Waals surface area (Å²) in [6.45, 7) is -1.21. The molecular weight excluding hydrogens is 276 g/mol. The summed E-state index contributed by atoms with van der Waals surface area (Å²) < 4.78 is 48.9. The molecule has 1 rings (SSSR count). The van der Waals surface area contributed by atoms with Gasteiger partial charge in [0, 0.05) is 11.8 Å². The lowest BCUT2D eigenvalue weighted by Crippen LogP contribution is -2.34. The van der Waals surface area contributed by atoms with Crippen molar-refractivity contribution in [2.45, 2.75) is 25.2 Å². The zero-order chi connectivity index (χ0) is 13.8. The molecule has 0 bridgehead atoms. The van der Waals surface area contributed by atoms with Gasteiger partial charge in [-0.3, -0.25) is 4.79 Å². The summed E-state index contributed by atoms with van der Waals surface area (Å²) in [5.74, 6) is -5.12. The summed E-state index contributed by atoms with van der Waals surface area (Å²) in [6.07, 6.45) is -3.70. The van der Waals surface area contributed by atoms with E-state index in [0.717, 1.165) is 11.3 Å². The van der Waals surface area contributed by atoms with Gasteiger partial charge in [0.05, 0.1) is 18.7 Å². The van der Waals surface area contributed by atoms with Gasteiger partial charge in [-0.1, -0.05) is 0 Å². The average molecular weight is 286 g/mol. The van der Waals surface area contributed by atoms with E-state index in [4.69, 9.17) is 5.11 Å². The van der Waals surface area contributed by atoms with Gasteiger partial charge in [-0.15, -0.1) is 11.3 Å². The molecule has 0 amide bonds. The molecule has 4 nitrogen and oxygen atoms in total. The fourth-order valence-electron chi connectivity index (χ4n) is 1.01. The van der Waals surface area contributed by atoms with Crippen molar-refractivity contribution in [3.05, 3.63) is 11.1 Å². The second-order valence-corrected chi connectivity index (χ2v) is 4.31. The van der Waals surface area contributed by atoms with Gasteiger partial charge in [-0.2, -0.15) is 8.78 Å². The zero-order valence-corrected chi connectivity index (χ0v) is 9.82. The van der Waals surface area contributed by atoms with Crippen molar-refractivity contribution in [1.29, 1.82) is 0 Å². The number of carboxylic acid groups (broad SMARTS) is 1. The molecule has 1 aromatic rings. The molecule has 0 fully saturated rings. The Kier molecular flexibility index (Phi) is 4.88. The van der Waals surface area contributed by atoms with Gasteiger partial charge in [0.1, 0.15) is 0 Å². The molecule has 0 atom stereocenters. The Morgan fingerprint density at radius 3 is 2.78 bits per heavy atom. The van der Waals surface area contributed by atoms with Crippen LogP contribution in [-0.4, -0.2) is 35.0 Å². The molecule has 0 saturated carbocycles. The third-order valence-corrected chi connectivity index (χ3v) is 2.79. The van der Waals surface area contributed by atoms with E-state index in [9.17, 15) is 22.4 Å². The fourth-order valence-corrected chi connectivity index (χ4v) is 1.75. The Labute approximate surface area is 104 Å². The van der Waals surface area contributed by atoms with Crippen LogP contribution in [0.1, 0.15) is 12.1 Å². The molecule has 1 aromatic heterocycles. The molecule has 0 aliphatic heterocycles. The van der Waals surface area contributed by atoms with E-state index in [2.05, 4.69) is 10.3 Å². The summed E-state index contributed by atoms with van der Waals surface area (Å²) in [7, 11) is 0. The van der Waals surface area contributed by atoms with Gasteiger partial charge in [-0.25, -0.2) is 13.8 Å². The Bertz CT molecular complexity index is 411. The summed E-state index contributed by atoms with van der Waals surface area (Å²) in [4.78, 5) is 14.1. The molecule has 18 heavy (non-hydrogen) atoms. The number of carboxylic acids is 1. The standard InChI is InChI=1S/C9H10F4N2O2S/c10-7(11)9(12,13)4-14-8-15-5(3-18-8)1-2-6(16)17/h3,7H,1-2,4H2,(H,14,15)(H,16,17). The second kappa shape index (κ2) is 5.98. The lowest BCUT2D eigenvalue weighted by molar-refractivity contribution is -0.136. The monoisotopic (exact) mass is 286 g/mol. The first-order chi connectivity index (χ1) is 8.31. The van der Waals surface area contributed by atoms with E-state index in [1.54, 1.807) is 0 Å². The summed E-state index contributed by atoms with van der Waals surface area (Å²) in [5, 5.41) is 12.1. The number of nitrogens with one attached hydrogen (secondary N) is 1. The highest BCUT2D eigenvalue weighted by atomic mass is 32.1. The van der Waals surface area contributed by atoms with Crippen molar-refractivity contribution in [2.75, 3.05) is 11.9 Å². The lowest BCUT2D eigenvalue weighted by atomic mass is 10.2. The molecule has 2 N–H and O–H groups in total. The van der Waals surface area contributed by atoms with Crippen molar-refractivity contribution < 1.29 is 27.5 Å². The molecule has 0 saturated heterocycles. The number of hydrogen-bond acceptors (Lipinski definition) is 4. The van der Waals surface area contributed by atoms with Crippen molar-refractivity contribution in [3.63, 3.8) is 0 Å². The smallest absolute Gasteiger partial charge is 0.324 e. The van der Waals surface area contributed by atoms with Crippen LogP contribution in [0.2, 0.25) is 0 Å². The van der Waals surface area contributed by atoms with Crippen molar-refractivity contribution >= 4 is 22.4 Å². The van der Waals surface area contributed by atoms with Crippen LogP contribution < -0.4 is 5.32 Å². The Hall–Kier alpha value is -1.38. The van der Waals surface area contributed by atoms with Crippen LogP contribution in [0.5, 0.6) is 0 Å². The van der Waals surface area contributed by atoms with Crippen LogP contribution in [0.25, 0.3) is 0 Å². The van der Waals surface area contributed by atoms with Crippen LogP contribution in [-0.2, 0) is 11.2 Å². The van der Waals surface area contributed by atoms with E-state index in [1.165, 1.54) is 5.38 Å². The van der Waals surface area contributed by atoms with E-state index in [1.807, 2.05) is 0 Å². The fraction of sp³-hybridized carbons (Fsp3) is 0.556. The highest BCUT2D eigenvalue weighted by Gasteiger charge is 2.40. The quantitative estimate of drug-likeness (QED) is 0.756. The van der Waals surface area contributed by atoms with Crippen molar-refractivity contribution in [1.82, 2.24) is 4.98 Å². The number of aryl methyl sites for hydroxylation is 1. The Balaban J connectivity index is 2.47. The predicted octanol–water partition coefficient (Wildman–Crippen LogP) is 2.47. The maximum Gasteiger partial charge on any atom is 0.324 e.